The molecule has 8 heteroatoms. The number of amides is 1. The lowest BCUT2D eigenvalue weighted by Crippen LogP contribution is -2.29. The van der Waals surface area contributed by atoms with E-state index in [0.29, 0.717) is 21.3 Å². The van der Waals surface area contributed by atoms with Gasteiger partial charge in [-0.15, -0.1) is 12.4 Å². The number of carbonyl (C=O) groups excluding carboxylic acids is 1. The van der Waals surface area contributed by atoms with Crippen molar-refractivity contribution in [1.82, 2.24) is 15.1 Å². The highest BCUT2D eigenvalue weighted by atomic mass is 35.5. The molecule has 2 N–H and O–H groups in total. The minimum absolute atomic E-state index is 0. The van der Waals surface area contributed by atoms with Crippen molar-refractivity contribution in [2.75, 3.05) is 18.4 Å². The number of nitrogens with one attached hydrogen (secondary N) is 2. The van der Waals surface area contributed by atoms with Gasteiger partial charge in [0.1, 0.15) is 0 Å². The molecule has 5 nitrogen and oxygen atoms in total. The maximum Gasteiger partial charge on any atom is 0.259 e. The third-order valence-corrected chi connectivity index (χ3v) is 5.55. The number of nitrogens with zero attached hydrogens (tertiary/aromatic N) is 2. The van der Waals surface area contributed by atoms with Gasteiger partial charge < -0.3 is 10.6 Å². The van der Waals surface area contributed by atoms with Crippen LogP contribution >= 0.6 is 35.6 Å². The molecule has 3 aromatic rings. The minimum Gasteiger partial charge on any atom is -0.321 e. The van der Waals surface area contributed by atoms with Gasteiger partial charge in [-0.3, -0.25) is 4.79 Å². The highest BCUT2D eigenvalue weighted by Gasteiger charge is 2.27. The molecule has 0 saturated carbocycles. The Hall–Kier alpha value is -2.05. The Morgan fingerprint density at radius 1 is 1.07 bits per heavy atom. The summed E-state index contributed by atoms with van der Waals surface area (Å²) >= 11 is 12.2. The zero-order chi connectivity index (χ0) is 19.5. The third kappa shape index (κ3) is 4.75. The van der Waals surface area contributed by atoms with E-state index < -0.39 is 0 Å². The molecule has 0 bridgehead atoms. The number of rotatable bonds is 4. The van der Waals surface area contributed by atoms with Crippen LogP contribution in [0, 0.1) is 0 Å². The fraction of sp³-hybridized carbons (Fsp3) is 0.238. The first kappa shape index (κ1) is 21.7. The van der Waals surface area contributed by atoms with Gasteiger partial charge >= 0.3 is 0 Å². The smallest absolute Gasteiger partial charge is 0.259 e. The fourth-order valence-corrected chi connectivity index (χ4v) is 3.87. The first-order valence-corrected chi connectivity index (χ1v) is 9.99. The summed E-state index contributed by atoms with van der Waals surface area (Å²) in [4.78, 5) is 13.1. The van der Waals surface area contributed by atoms with E-state index in [2.05, 4.69) is 15.7 Å². The average Bonchev–Trinajstić information content (AvgIpc) is 3.16. The minimum atomic E-state index is -0.207. The van der Waals surface area contributed by atoms with Crippen molar-refractivity contribution in [3.63, 3.8) is 0 Å². The SMILES string of the molecule is Cl.O=C(Nc1ccccc1Cl)c1cnn(-c2ccc(Cl)cc2)c1C1CCNCC1. The van der Waals surface area contributed by atoms with Crippen LogP contribution in [-0.2, 0) is 0 Å². The van der Waals surface area contributed by atoms with E-state index in [1.54, 1.807) is 18.3 Å². The summed E-state index contributed by atoms with van der Waals surface area (Å²) in [6, 6.07) is 14.7. The molecule has 29 heavy (non-hydrogen) atoms. The van der Waals surface area contributed by atoms with Gasteiger partial charge in [-0.1, -0.05) is 35.3 Å². The number of hydrogen-bond donors (Lipinski definition) is 2. The monoisotopic (exact) mass is 450 g/mol. The number of piperidine rings is 1. The highest BCUT2D eigenvalue weighted by molar-refractivity contribution is 6.34. The van der Waals surface area contributed by atoms with Crippen LogP contribution < -0.4 is 10.6 Å². The maximum absolute atomic E-state index is 13.1. The molecule has 0 unspecified atom stereocenters. The van der Waals surface area contributed by atoms with Crippen molar-refractivity contribution in [3.05, 3.63) is 76.0 Å². The van der Waals surface area contributed by atoms with Crippen molar-refractivity contribution in [3.8, 4) is 5.69 Å². The summed E-state index contributed by atoms with van der Waals surface area (Å²) in [7, 11) is 0. The van der Waals surface area contributed by atoms with Crippen LogP contribution in [0.1, 0.15) is 34.8 Å². The fourth-order valence-electron chi connectivity index (χ4n) is 3.56. The van der Waals surface area contributed by atoms with Crippen LogP contribution in [0.5, 0.6) is 0 Å². The zero-order valence-corrected chi connectivity index (χ0v) is 17.9. The molecule has 1 saturated heterocycles. The first-order chi connectivity index (χ1) is 13.6. The van der Waals surface area contributed by atoms with Crippen LogP contribution in [0.4, 0.5) is 5.69 Å². The van der Waals surface area contributed by atoms with Crippen LogP contribution in [0.2, 0.25) is 10.0 Å². The quantitative estimate of drug-likeness (QED) is 0.564. The Morgan fingerprint density at radius 3 is 2.45 bits per heavy atom. The van der Waals surface area contributed by atoms with Crippen molar-refractivity contribution >= 4 is 47.2 Å². The Morgan fingerprint density at radius 2 is 1.76 bits per heavy atom. The van der Waals surface area contributed by atoms with Crippen LogP contribution in [0.3, 0.4) is 0 Å². The Balaban J connectivity index is 0.00000240. The van der Waals surface area contributed by atoms with Crippen molar-refractivity contribution in [2.45, 2.75) is 18.8 Å². The summed E-state index contributed by atoms with van der Waals surface area (Å²) in [5, 5.41) is 12.0. The van der Waals surface area contributed by atoms with E-state index in [-0.39, 0.29) is 24.2 Å². The number of carbonyl (C=O) groups is 1. The molecule has 1 amide bonds. The lowest BCUT2D eigenvalue weighted by Gasteiger charge is -2.24. The van der Waals surface area contributed by atoms with Crippen LogP contribution in [0.15, 0.2) is 54.7 Å². The van der Waals surface area contributed by atoms with E-state index >= 15 is 0 Å². The van der Waals surface area contributed by atoms with Crippen LogP contribution in [-0.4, -0.2) is 28.8 Å². The second-order valence-electron chi connectivity index (χ2n) is 6.79. The maximum atomic E-state index is 13.1. The highest BCUT2D eigenvalue weighted by Crippen LogP contribution is 2.31. The van der Waals surface area contributed by atoms with Crippen molar-refractivity contribution < 1.29 is 4.79 Å². The lowest BCUT2D eigenvalue weighted by molar-refractivity contribution is 0.102. The van der Waals surface area contributed by atoms with Gasteiger partial charge in [0.25, 0.3) is 5.91 Å². The molecule has 2 heterocycles. The third-order valence-electron chi connectivity index (χ3n) is 4.97. The summed E-state index contributed by atoms with van der Waals surface area (Å²) in [5.41, 5.74) is 2.97. The summed E-state index contributed by atoms with van der Waals surface area (Å²) < 4.78 is 1.85. The number of benzene rings is 2. The average molecular weight is 452 g/mol. The molecule has 1 aliphatic rings. The Bertz CT molecular complexity index is 982. The first-order valence-electron chi connectivity index (χ1n) is 9.24. The molecule has 0 atom stereocenters. The second kappa shape index (κ2) is 9.63. The van der Waals surface area contributed by atoms with Gasteiger partial charge in [0.15, 0.2) is 0 Å². The van der Waals surface area contributed by atoms with Crippen molar-refractivity contribution in [2.24, 2.45) is 0 Å². The summed E-state index contributed by atoms with van der Waals surface area (Å²) in [6.07, 6.45) is 3.54. The summed E-state index contributed by atoms with van der Waals surface area (Å²) in [5.74, 6) is 0.0354. The second-order valence-corrected chi connectivity index (χ2v) is 7.63. The van der Waals surface area contributed by atoms with E-state index in [1.807, 2.05) is 41.1 Å². The predicted molar refractivity (Wildman–Crippen MR) is 120 cm³/mol. The topological polar surface area (TPSA) is 59.0 Å². The van der Waals surface area contributed by atoms with Gasteiger partial charge in [-0.2, -0.15) is 5.10 Å². The summed E-state index contributed by atoms with van der Waals surface area (Å²) in [6.45, 7) is 1.84. The normalized spacial score (nSPS) is 14.3. The van der Waals surface area contributed by atoms with E-state index in [0.717, 1.165) is 37.3 Å². The molecule has 0 radical (unpaired) electrons. The number of halogens is 3. The molecule has 4 rings (SSSR count). The number of para-hydroxylation sites is 1. The lowest BCUT2D eigenvalue weighted by atomic mass is 9.91. The molecule has 152 valence electrons. The molecule has 1 aliphatic heterocycles. The van der Waals surface area contributed by atoms with Gasteiger partial charge in [-0.05, 0) is 62.3 Å². The molecular weight excluding hydrogens is 431 g/mol. The Labute approximate surface area is 185 Å². The molecule has 2 aromatic carbocycles. The molecule has 1 aromatic heterocycles. The zero-order valence-electron chi connectivity index (χ0n) is 15.6. The van der Waals surface area contributed by atoms with Gasteiger partial charge in [-0.25, -0.2) is 4.68 Å². The van der Waals surface area contributed by atoms with Crippen LogP contribution in [0.25, 0.3) is 5.69 Å². The molecule has 1 fully saturated rings. The number of aromatic nitrogens is 2. The predicted octanol–water partition coefficient (Wildman–Crippen LogP) is 5.32. The Kier molecular flexibility index (Phi) is 7.19. The van der Waals surface area contributed by atoms with E-state index in [9.17, 15) is 4.79 Å². The molecule has 0 aliphatic carbocycles. The van der Waals surface area contributed by atoms with Gasteiger partial charge in [0.2, 0.25) is 0 Å². The van der Waals surface area contributed by atoms with Gasteiger partial charge in [0.05, 0.1) is 33.9 Å². The van der Waals surface area contributed by atoms with Crippen molar-refractivity contribution in [1.29, 1.82) is 0 Å². The van der Waals surface area contributed by atoms with Gasteiger partial charge in [0, 0.05) is 10.9 Å². The standard InChI is InChI=1S/C21H20Cl2N4O.ClH/c22-15-5-7-16(8-6-15)27-20(14-9-11-24-12-10-14)17(13-25-27)21(28)26-19-4-2-1-3-18(19)23;/h1-8,13-14,24H,9-12H2,(H,26,28);1H. The van der Waals surface area contributed by atoms with E-state index in [4.69, 9.17) is 23.2 Å². The molecular formula is C21H21Cl3N4O. The number of hydrogen-bond acceptors (Lipinski definition) is 3. The van der Waals surface area contributed by atoms with E-state index in [1.165, 1.54) is 0 Å². The number of anilines is 1. The largest absolute Gasteiger partial charge is 0.321 e. The molecule has 0 spiro atoms.